The third-order valence-electron chi connectivity index (χ3n) is 6.19. The van der Waals surface area contributed by atoms with Crippen molar-refractivity contribution in [3.8, 4) is 0 Å². The maximum atomic E-state index is 13.6. The number of hydrogen-bond donors (Lipinski definition) is 4. The van der Waals surface area contributed by atoms with Crippen LogP contribution in [0.25, 0.3) is 0 Å². The fourth-order valence-electron chi connectivity index (χ4n) is 3.98. The molecular weight excluding hydrogens is 594 g/mol. The van der Waals surface area contributed by atoms with Crippen LogP contribution in [0.1, 0.15) is 53.0 Å². The van der Waals surface area contributed by atoms with Gasteiger partial charge in [-0.15, -0.1) is 0 Å². The molecule has 14 nitrogen and oxygen atoms in total. The topological polar surface area (TPSA) is 217 Å². The molecule has 2 aromatic rings. The number of ether oxygens (including phenoxy) is 1. The lowest BCUT2D eigenvalue weighted by Crippen LogP contribution is -2.57. The molecule has 0 aliphatic rings. The van der Waals surface area contributed by atoms with E-state index in [1.807, 2.05) is 0 Å². The molecule has 44 heavy (non-hydrogen) atoms. The van der Waals surface area contributed by atoms with Gasteiger partial charge >= 0.3 is 5.97 Å². The number of carbonyl (C=O) groups is 4. The first-order valence-corrected chi connectivity index (χ1v) is 15.3. The van der Waals surface area contributed by atoms with E-state index in [1.54, 1.807) is 65.0 Å². The molecule has 0 bridgehead atoms. The number of non-ortho nitro benzene ring substituents is 1. The number of nitro groups is 1. The molecule has 2 aromatic carbocycles. The van der Waals surface area contributed by atoms with E-state index in [9.17, 15) is 37.7 Å². The molecule has 3 amide bonds. The highest BCUT2D eigenvalue weighted by Crippen LogP contribution is 2.18. The van der Waals surface area contributed by atoms with Gasteiger partial charge in [-0.25, -0.2) is 13.2 Å². The number of carbonyl (C=O) groups excluding carboxylic acids is 4. The van der Waals surface area contributed by atoms with Crippen molar-refractivity contribution in [3.05, 3.63) is 70.3 Å². The summed E-state index contributed by atoms with van der Waals surface area (Å²) in [7, 11) is -4.31. The summed E-state index contributed by atoms with van der Waals surface area (Å²) in [6.07, 6.45) is -0.388. The van der Waals surface area contributed by atoms with Crippen molar-refractivity contribution in [2.45, 2.75) is 82.5 Å². The van der Waals surface area contributed by atoms with Gasteiger partial charge in [0.15, 0.2) is 0 Å². The molecular formula is C29H39N5O9S. The lowest BCUT2D eigenvalue weighted by Gasteiger charge is -2.28. The number of primary amides is 1. The number of nitro benzene ring substituents is 1. The first kappa shape index (κ1) is 35.8. The number of nitrogens with two attached hydrogens (primary N) is 1. The molecule has 5 N–H and O–H groups in total. The van der Waals surface area contributed by atoms with E-state index in [-0.39, 0.29) is 29.8 Å². The number of hydrogen-bond acceptors (Lipinski definition) is 9. The van der Waals surface area contributed by atoms with Crippen molar-refractivity contribution < 1.29 is 37.3 Å². The zero-order valence-electron chi connectivity index (χ0n) is 25.2. The molecule has 0 unspecified atom stereocenters. The molecule has 240 valence electrons. The second-order valence-corrected chi connectivity index (χ2v) is 13.2. The van der Waals surface area contributed by atoms with E-state index in [0.717, 1.165) is 24.3 Å². The Kier molecular flexibility index (Phi) is 12.5. The quantitative estimate of drug-likeness (QED) is 0.127. The van der Waals surface area contributed by atoms with Gasteiger partial charge < -0.3 is 21.1 Å². The Balaban J connectivity index is 2.34. The summed E-state index contributed by atoms with van der Waals surface area (Å²) in [5, 5.41) is 16.1. The standard InChI is InChI=1S/C29H39N5O9S/c1-18(2)25(33-44(41,42)21-13-11-20(12-14-21)34(39)40)27(37)32-23(17-19-9-7-6-8-10-19)26(36)31-22(15-16-24(30)35)28(38)43-29(3,4)5/h6-14,18,22-23,25,33H,15-17H2,1-5H3,(H2,30,35)(H,31,36)(H,32,37)/t22-,23-,25-/m0/s1. The predicted molar refractivity (Wildman–Crippen MR) is 160 cm³/mol. The molecule has 0 heterocycles. The maximum absolute atomic E-state index is 13.6. The lowest BCUT2D eigenvalue weighted by atomic mass is 10.0. The van der Waals surface area contributed by atoms with Gasteiger partial charge in [0.2, 0.25) is 27.7 Å². The number of sulfonamides is 1. The average Bonchev–Trinajstić information content (AvgIpc) is 2.92. The molecule has 0 radical (unpaired) electrons. The smallest absolute Gasteiger partial charge is 0.329 e. The van der Waals surface area contributed by atoms with Gasteiger partial charge in [-0.2, -0.15) is 4.72 Å². The van der Waals surface area contributed by atoms with E-state index in [0.29, 0.717) is 5.56 Å². The first-order chi connectivity index (χ1) is 20.4. The molecule has 15 heteroatoms. The summed E-state index contributed by atoms with van der Waals surface area (Å²) in [4.78, 5) is 61.3. The Morgan fingerprint density at radius 1 is 0.932 bits per heavy atom. The van der Waals surface area contributed by atoms with Crippen LogP contribution in [-0.4, -0.2) is 60.8 Å². The van der Waals surface area contributed by atoms with Gasteiger partial charge in [0.05, 0.1) is 9.82 Å². The SMILES string of the molecule is CC(C)[C@H](NS(=O)(=O)c1ccc([N+](=O)[O-])cc1)C(=O)N[C@@H](Cc1ccccc1)C(=O)N[C@@H](CCC(N)=O)C(=O)OC(C)(C)C. The van der Waals surface area contributed by atoms with E-state index in [4.69, 9.17) is 10.5 Å². The number of nitrogens with zero attached hydrogens (tertiary/aromatic N) is 1. The van der Waals surface area contributed by atoms with Crippen LogP contribution >= 0.6 is 0 Å². The number of nitrogens with one attached hydrogen (secondary N) is 3. The van der Waals surface area contributed by atoms with Crippen LogP contribution in [0.4, 0.5) is 5.69 Å². The summed E-state index contributed by atoms with van der Waals surface area (Å²) in [5.41, 5.74) is 4.71. The van der Waals surface area contributed by atoms with Crippen molar-refractivity contribution in [1.29, 1.82) is 0 Å². The monoisotopic (exact) mass is 633 g/mol. The Morgan fingerprint density at radius 2 is 1.50 bits per heavy atom. The van der Waals surface area contributed by atoms with Crippen LogP contribution < -0.4 is 21.1 Å². The molecule has 0 spiro atoms. The number of esters is 1. The molecule has 0 aliphatic heterocycles. The van der Waals surface area contributed by atoms with Crippen molar-refractivity contribution in [2.75, 3.05) is 0 Å². The summed E-state index contributed by atoms with van der Waals surface area (Å²) >= 11 is 0. The van der Waals surface area contributed by atoms with Gasteiger partial charge in [0.25, 0.3) is 5.69 Å². The van der Waals surface area contributed by atoms with E-state index in [1.165, 1.54) is 0 Å². The van der Waals surface area contributed by atoms with Crippen molar-refractivity contribution >= 4 is 39.4 Å². The zero-order chi connectivity index (χ0) is 33.2. The van der Waals surface area contributed by atoms with Crippen LogP contribution in [0.3, 0.4) is 0 Å². The van der Waals surface area contributed by atoms with E-state index < -0.39 is 68.3 Å². The van der Waals surface area contributed by atoms with Gasteiger partial charge in [-0.05, 0) is 50.8 Å². The fourth-order valence-corrected chi connectivity index (χ4v) is 5.32. The second-order valence-electron chi connectivity index (χ2n) is 11.4. The van der Waals surface area contributed by atoms with Gasteiger partial charge in [0.1, 0.15) is 23.7 Å². The Hall–Kier alpha value is -4.37. The lowest BCUT2D eigenvalue weighted by molar-refractivity contribution is -0.384. The molecule has 0 aliphatic carbocycles. The second kappa shape index (κ2) is 15.4. The minimum atomic E-state index is -4.31. The van der Waals surface area contributed by atoms with Crippen LogP contribution in [0.15, 0.2) is 59.5 Å². The molecule has 0 aromatic heterocycles. The highest BCUT2D eigenvalue weighted by molar-refractivity contribution is 7.89. The molecule has 0 fully saturated rings. The van der Waals surface area contributed by atoms with Crippen LogP contribution in [0.2, 0.25) is 0 Å². The number of benzene rings is 2. The first-order valence-electron chi connectivity index (χ1n) is 13.8. The number of rotatable bonds is 15. The maximum Gasteiger partial charge on any atom is 0.329 e. The van der Waals surface area contributed by atoms with Crippen molar-refractivity contribution in [1.82, 2.24) is 15.4 Å². The van der Waals surface area contributed by atoms with Gasteiger partial charge in [-0.3, -0.25) is 24.5 Å². The Morgan fingerprint density at radius 3 is 2.00 bits per heavy atom. The minimum Gasteiger partial charge on any atom is -0.458 e. The molecule has 0 saturated heterocycles. The predicted octanol–water partition coefficient (Wildman–Crippen LogP) is 1.72. The largest absolute Gasteiger partial charge is 0.458 e. The summed E-state index contributed by atoms with van der Waals surface area (Å²) in [6.45, 7) is 8.11. The summed E-state index contributed by atoms with van der Waals surface area (Å²) in [6, 6.07) is 8.95. The molecule has 3 atom stereocenters. The Bertz CT molecular complexity index is 1440. The summed E-state index contributed by atoms with van der Waals surface area (Å²) < 4.78 is 33.9. The molecule has 2 rings (SSSR count). The highest BCUT2D eigenvalue weighted by atomic mass is 32.2. The number of amides is 3. The normalized spacial score (nSPS) is 13.8. The van der Waals surface area contributed by atoms with Crippen LogP contribution in [-0.2, 0) is 40.4 Å². The van der Waals surface area contributed by atoms with Gasteiger partial charge in [-0.1, -0.05) is 44.2 Å². The zero-order valence-corrected chi connectivity index (χ0v) is 26.1. The van der Waals surface area contributed by atoms with Crippen molar-refractivity contribution in [3.63, 3.8) is 0 Å². The van der Waals surface area contributed by atoms with Crippen LogP contribution in [0, 0.1) is 16.0 Å². The Labute approximate surface area is 256 Å². The fraction of sp³-hybridized carbons (Fsp3) is 0.448. The minimum absolute atomic E-state index is 0.0187. The van der Waals surface area contributed by atoms with Crippen LogP contribution in [0.5, 0.6) is 0 Å². The van der Waals surface area contributed by atoms with E-state index in [2.05, 4.69) is 15.4 Å². The van der Waals surface area contributed by atoms with Crippen molar-refractivity contribution in [2.24, 2.45) is 11.7 Å². The third-order valence-corrected chi connectivity index (χ3v) is 7.65. The third kappa shape index (κ3) is 11.4. The summed E-state index contributed by atoms with van der Waals surface area (Å²) in [5.74, 6) is -3.68. The van der Waals surface area contributed by atoms with E-state index >= 15 is 0 Å². The highest BCUT2D eigenvalue weighted by Gasteiger charge is 2.34. The average molecular weight is 634 g/mol. The molecule has 0 saturated carbocycles. The van der Waals surface area contributed by atoms with Gasteiger partial charge in [0, 0.05) is 25.0 Å².